The first-order valence-electron chi connectivity index (χ1n) is 15.5. The summed E-state index contributed by atoms with van der Waals surface area (Å²) in [7, 11) is 1.59. The summed E-state index contributed by atoms with van der Waals surface area (Å²) in [6.45, 7) is 7.65. The number of carbonyl (C=O) groups is 4. The Balaban J connectivity index is 1.50. The molecule has 0 aliphatic heterocycles. The van der Waals surface area contributed by atoms with Gasteiger partial charge in [0.05, 0.1) is 44.1 Å². The Kier molecular flexibility index (Phi) is 13.1. The number of aryl methyl sites for hydroxylation is 1. The van der Waals surface area contributed by atoms with E-state index in [1.165, 1.54) is 11.8 Å². The molecule has 0 spiro atoms. The van der Waals surface area contributed by atoms with Gasteiger partial charge in [-0.05, 0) is 62.9 Å². The molecular formula is C34H39N5O7S2. The number of rotatable bonds is 16. The minimum absolute atomic E-state index is 0.120. The average Bonchev–Trinajstić information content (AvgIpc) is 3.62. The van der Waals surface area contributed by atoms with Gasteiger partial charge in [-0.25, -0.2) is 9.59 Å². The molecule has 2 amide bonds. The molecular weight excluding hydrogens is 655 g/mol. The van der Waals surface area contributed by atoms with E-state index in [2.05, 4.69) is 20.8 Å². The van der Waals surface area contributed by atoms with E-state index in [1.807, 2.05) is 47.0 Å². The SMILES string of the molecule is CCOC(=O)c1sc(NC(=O)C(C)Sc2nnc(CNC(=O)Cc3ccc(OC)cc3)n2CCc2ccccc2)c(C(=O)OCC)c1C. The lowest BCUT2D eigenvalue weighted by Crippen LogP contribution is -2.27. The zero-order chi connectivity index (χ0) is 34.6. The van der Waals surface area contributed by atoms with E-state index in [0.29, 0.717) is 35.3 Å². The number of esters is 2. The van der Waals surface area contributed by atoms with Crippen LogP contribution < -0.4 is 15.4 Å². The molecule has 1 atom stereocenters. The third kappa shape index (κ3) is 9.44. The van der Waals surface area contributed by atoms with Crippen LogP contribution >= 0.6 is 23.1 Å². The Morgan fingerprint density at radius 1 is 0.938 bits per heavy atom. The number of benzene rings is 2. The minimum Gasteiger partial charge on any atom is -0.497 e. The van der Waals surface area contributed by atoms with Gasteiger partial charge in [0.2, 0.25) is 11.8 Å². The Bertz CT molecular complexity index is 1720. The minimum atomic E-state index is -0.675. The molecule has 14 heteroatoms. The summed E-state index contributed by atoms with van der Waals surface area (Å²) in [4.78, 5) is 51.8. The molecule has 0 saturated heterocycles. The van der Waals surface area contributed by atoms with Crippen LogP contribution in [0.15, 0.2) is 59.8 Å². The summed E-state index contributed by atoms with van der Waals surface area (Å²) in [5.41, 5.74) is 2.46. The van der Waals surface area contributed by atoms with E-state index in [0.717, 1.165) is 22.5 Å². The maximum absolute atomic E-state index is 13.5. The van der Waals surface area contributed by atoms with E-state index in [-0.39, 0.29) is 47.5 Å². The van der Waals surface area contributed by atoms with Gasteiger partial charge >= 0.3 is 11.9 Å². The lowest BCUT2D eigenvalue weighted by Gasteiger charge is -2.14. The van der Waals surface area contributed by atoms with Crippen molar-refractivity contribution in [2.24, 2.45) is 0 Å². The van der Waals surface area contributed by atoms with Crippen molar-refractivity contribution in [3.8, 4) is 5.75 Å². The van der Waals surface area contributed by atoms with Gasteiger partial charge in [-0.2, -0.15) is 0 Å². The van der Waals surface area contributed by atoms with Crippen LogP contribution in [0.3, 0.4) is 0 Å². The lowest BCUT2D eigenvalue weighted by molar-refractivity contribution is -0.120. The summed E-state index contributed by atoms with van der Waals surface area (Å²) in [6.07, 6.45) is 0.864. The number of thiophene rings is 1. The third-order valence-corrected chi connectivity index (χ3v) is 9.47. The highest BCUT2D eigenvalue weighted by molar-refractivity contribution is 8.00. The maximum Gasteiger partial charge on any atom is 0.348 e. The van der Waals surface area contributed by atoms with Gasteiger partial charge in [-0.1, -0.05) is 54.2 Å². The highest BCUT2D eigenvalue weighted by atomic mass is 32.2. The molecule has 0 aliphatic carbocycles. The number of nitrogens with one attached hydrogen (secondary N) is 2. The Morgan fingerprint density at radius 3 is 2.29 bits per heavy atom. The largest absolute Gasteiger partial charge is 0.497 e. The molecule has 1 unspecified atom stereocenters. The number of carbonyl (C=O) groups excluding carboxylic acids is 4. The molecule has 2 aromatic heterocycles. The number of thioether (sulfide) groups is 1. The summed E-state index contributed by atoms with van der Waals surface area (Å²) in [5, 5.41) is 14.5. The number of aromatic nitrogens is 3. The van der Waals surface area contributed by atoms with E-state index >= 15 is 0 Å². The van der Waals surface area contributed by atoms with Crippen LogP contribution in [0.25, 0.3) is 0 Å². The second-order valence-electron chi connectivity index (χ2n) is 10.5. The van der Waals surface area contributed by atoms with E-state index in [9.17, 15) is 19.2 Å². The predicted octanol–water partition coefficient (Wildman–Crippen LogP) is 5.23. The first-order chi connectivity index (χ1) is 23.1. The molecule has 254 valence electrons. The summed E-state index contributed by atoms with van der Waals surface area (Å²) < 4.78 is 17.4. The number of anilines is 1. The van der Waals surface area contributed by atoms with Gasteiger partial charge in [-0.15, -0.1) is 21.5 Å². The van der Waals surface area contributed by atoms with Crippen molar-refractivity contribution in [2.75, 3.05) is 25.6 Å². The quantitative estimate of drug-likeness (QED) is 0.118. The molecule has 12 nitrogen and oxygen atoms in total. The van der Waals surface area contributed by atoms with Crippen molar-refractivity contribution >= 4 is 51.9 Å². The van der Waals surface area contributed by atoms with Crippen molar-refractivity contribution in [1.82, 2.24) is 20.1 Å². The Hall–Kier alpha value is -4.69. The van der Waals surface area contributed by atoms with Crippen molar-refractivity contribution < 1.29 is 33.4 Å². The van der Waals surface area contributed by atoms with Crippen LogP contribution in [0, 0.1) is 6.92 Å². The highest BCUT2D eigenvalue weighted by Crippen LogP contribution is 2.35. The van der Waals surface area contributed by atoms with Gasteiger partial charge in [0.1, 0.15) is 15.6 Å². The first-order valence-corrected chi connectivity index (χ1v) is 17.1. The lowest BCUT2D eigenvalue weighted by atomic mass is 10.1. The molecule has 48 heavy (non-hydrogen) atoms. The van der Waals surface area contributed by atoms with Crippen LogP contribution in [0.2, 0.25) is 0 Å². The molecule has 0 bridgehead atoms. The predicted molar refractivity (Wildman–Crippen MR) is 184 cm³/mol. The smallest absolute Gasteiger partial charge is 0.348 e. The molecule has 4 aromatic rings. The van der Waals surface area contributed by atoms with Gasteiger partial charge in [0.25, 0.3) is 0 Å². The molecule has 2 N–H and O–H groups in total. The molecule has 0 radical (unpaired) electrons. The number of hydrogen-bond acceptors (Lipinski definition) is 11. The summed E-state index contributed by atoms with van der Waals surface area (Å²) in [5.74, 6) is -0.549. The fourth-order valence-corrected chi connectivity index (χ4v) is 6.67. The number of ether oxygens (including phenoxy) is 3. The summed E-state index contributed by atoms with van der Waals surface area (Å²) >= 11 is 2.16. The van der Waals surface area contributed by atoms with Gasteiger partial charge in [-0.3, -0.25) is 9.59 Å². The van der Waals surface area contributed by atoms with E-state index in [1.54, 1.807) is 46.9 Å². The molecule has 2 heterocycles. The van der Waals surface area contributed by atoms with Crippen LogP contribution in [0.1, 0.15) is 63.3 Å². The standard InChI is InChI=1S/C34H39N5O7S2/c1-6-45-32(42)28-21(3)29(33(43)46-7-2)48-31(28)36-30(41)22(4)47-34-38-37-26(39(34)18-17-23-11-9-8-10-12-23)20-35-27(40)19-24-13-15-25(44-5)16-14-24/h8-16,22H,6-7,17-20H2,1-5H3,(H,35,40)(H,36,41). The third-order valence-electron chi connectivity index (χ3n) is 7.20. The maximum atomic E-state index is 13.5. The van der Waals surface area contributed by atoms with Gasteiger partial charge in [0.15, 0.2) is 11.0 Å². The molecule has 0 aliphatic rings. The highest BCUT2D eigenvalue weighted by Gasteiger charge is 2.29. The normalized spacial score (nSPS) is 11.4. The number of nitrogens with zero attached hydrogens (tertiary/aromatic N) is 3. The van der Waals surface area contributed by atoms with Gasteiger partial charge in [0, 0.05) is 6.54 Å². The molecule has 0 fully saturated rings. The second-order valence-corrected chi connectivity index (χ2v) is 12.9. The number of hydrogen-bond donors (Lipinski definition) is 2. The average molecular weight is 694 g/mol. The molecule has 4 rings (SSSR count). The second kappa shape index (κ2) is 17.5. The summed E-state index contributed by atoms with van der Waals surface area (Å²) in [6, 6.07) is 17.2. The first kappa shape index (κ1) is 36.2. The monoisotopic (exact) mass is 693 g/mol. The van der Waals surface area contributed by atoms with Gasteiger partial charge < -0.3 is 29.4 Å². The molecule has 2 aromatic carbocycles. The van der Waals surface area contributed by atoms with Crippen molar-refractivity contribution in [1.29, 1.82) is 0 Å². The molecule has 0 saturated carbocycles. The number of amides is 2. The Morgan fingerprint density at radius 2 is 1.62 bits per heavy atom. The van der Waals surface area contributed by atoms with Crippen molar-refractivity contribution in [2.45, 2.75) is 64.0 Å². The number of methoxy groups -OCH3 is 1. The van der Waals surface area contributed by atoms with Crippen LogP contribution in [0.5, 0.6) is 5.75 Å². The Labute approximate surface area is 287 Å². The zero-order valence-corrected chi connectivity index (χ0v) is 29.2. The van der Waals surface area contributed by atoms with Crippen molar-refractivity contribution in [3.63, 3.8) is 0 Å². The fraction of sp³-hybridized carbons (Fsp3) is 0.353. The topological polar surface area (TPSA) is 151 Å². The van der Waals surface area contributed by atoms with E-state index in [4.69, 9.17) is 14.2 Å². The van der Waals surface area contributed by atoms with E-state index < -0.39 is 23.1 Å². The zero-order valence-electron chi connectivity index (χ0n) is 27.5. The van der Waals surface area contributed by atoms with Crippen LogP contribution in [-0.2, 0) is 45.0 Å². The van der Waals surface area contributed by atoms with Crippen molar-refractivity contribution in [3.05, 3.63) is 87.6 Å². The van der Waals surface area contributed by atoms with Crippen LogP contribution in [-0.4, -0.2) is 64.1 Å². The fourth-order valence-electron chi connectivity index (χ4n) is 4.68. The van der Waals surface area contributed by atoms with Crippen LogP contribution in [0.4, 0.5) is 5.00 Å².